The number of likely N-dealkylation sites (tertiary alicyclic amines) is 1. The van der Waals surface area contributed by atoms with Crippen molar-refractivity contribution in [3.05, 3.63) is 35.1 Å². The highest BCUT2D eigenvalue weighted by molar-refractivity contribution is 5.89. The number of aliphatic hydroxyl groups is 1. The van der Waals surface area contributed by atoms with E-state index < -0.39 is 47.2 Å². The predicted molar refractivity (Wildman–Crippen MR) is 87.5 cm³/mol. The van der Waals surface area contributed by atoms with Gasteiger partial charge in [-0.2, -0.15) is 13.2 Å². The molecule has 1 aliphatic rings. The highest BCUT2D eigenvalue weighted by Crippen LogP contribution is 2.32. The first-order valence-corrected chi connectivity index (χ1v) is 8.34. The molecule has 0 bridgehead atoms. The molecule has 1 aromatic rings. The van der Waals surface area contributed by atoms with Crippen LogP contribution in [-0.2, 0) is 22.1 Å². The Morgan fingerprint density at radius 2 is 1.89 bits per heavy atom. The van der Waals surface area contributed by atoms with E-state index in [1.54, 1.807) is 20.8 Å². The number of ketones is 1. The summed E-state index contributed by atoms with van der Waals surface area (Å²) >= 11 is 0. The summed E-state index contributed by atoms with van der Waals surface area (Å²) < 4.78 is 56.7. The minimum absolute atomic E-state index is 0.0127. The first kappa shape index (κ1) is 21.1. The number of hydrogen-bond donors (Lipinski definition) is 1. The number of ether oxygens (including phenoxy) is 1. The van der Waals surface area contributed by atoms with E-state index in [9.17, 15) is 32.3 Å². The van der Waals surface area contributed by atoms with Gasteiger partial charge in [0.15, 0.2) is 5.78 Å². The first-order valence-electron chi connectivity index (χ1n) is 8.34. The third kappa shape index (κ3) is 5.41. The maximum atomic E-state index is 13.7. The van der Waals surface area contributed by atoms with Gasteiger partial charge in [-0.25, -0.2) is 9.18 Å². The lowest BCUT2D eigenvalue weighted by Gasteiger charge is -2.27. The van der Waals surface area contributed by atoms with Crippen LogP contribution in [0.25, 0.3) is 0 Å². The number of rotatable bonds is 3. The summed E-state index contributed by atoms with van der Waals surface area (Å²) in [6.45, 7) is 4.87. The number of Topliss-reactive ketones (excluding diaryl/α,β-unsaturated/α-hetero) is 1. The van der Waals surface area contributed by atoms with E-state index in [1.807, 2.05) is 0 Å². The maximum absolute atomic E-state index is 13.7. The van der Waals surface area contributed by atoms with E-state index in [0.717, 1.165) is 11.0 Å². The van der Waals surface area contributed by atoms with Crippen LogP contribution in [0.3, 0.4) is 0 Å². The Hall–Kier alpha value is -2.16. The quantitative estimate of drug-likeness (QED) is 0.803. The fourth-order valence-electron chi connectivity index (χ4n) is 2.86. The topological polar surface area (TPSA) is 66.8 Å². The summed E-state index contributed by atoms with van der Waals surface area (Å²) in [6, 6.07) is 1.27. The Balaban J connectivity index is 2.14. The highest BCUT2D eigenvalue weighted by Gasteiger charge is 2.40. The van der Waals surface area contributed by atoms with Crippen LogP contribution in [-0.4, -0.2) is 46.2 Å². The van der Waals surface area contributed by atoms with Gasteiger partial charge in [0.25, 0.3) is 0 Å². The van der Waals surface area contributed by atoms with Crippen LogP contribution in [0.15, 0.2) is 18.2 Å². The third-order valence-corrected chi connectivity index (χ3v) is 4.00. The van der Waals surface area contributed by atoms with Crippen molar-refractivity contribution in [3.8, 4) is 0 Å². The van der Waals surface area contributed by atoms with Crippen LogP contribution in [0, 0.1) is 5.82 Å². The predicted octanol–water partition coefficient (Wildman–Crippen LogP) is 3.33. The molecular formula is C18H21F4NO4. The van der Waals surface area contributed by atoms with Crippen molar-refractivity contribution in [3.63, 3.8) is 0 Å². The average molecular weight is 391 g/mol. The molecule has 5 nitrogen and oxygen atoms in total. The molecule has 1 aromatic carbocycles. The SMILES string of the molecule is CC(C)(C)OC(=O)N1C[C@@H](O)C[C@H]1C(=O)Cc1ccc(C(F)(F)F)c(F)c1. The van der Waals surface area contributed by atoms with Crippen LogP contribution in [0.1, 0.15) is 38.3 Å². The van der Waals surface area contributed by atoms with E-state index in [4.69, 9.17) is 4.74 Å². The molecule has 0 saturated carbocycles. The van der Waals surface area contributed by atoms with Crippen molar-refractivity contribution < 1.29 is 37.0 Å². The van der Waals surface area contributed by atoms with Gasteiger partial charge in [0.2, 0.25) is 0 Å². The first-order chi connectivity index (χ1) is 12.3. The highest BCUT2D eigenvalue weighted by atomic mass is 19.4. The number of nitrogens with zero attached hydrogens (tertiary/aromatic N) is 1. The van der Waals surface area contributed by atoms with Crippen LogP contribution in [0.5, 0.6) is 0 Å². The fraction of sp³-hybridized carbons (Fsp3) is 0.556. The van der Waals surface area contributed by atoms with E-state index in [2.05, 4.69) is 0 Å². The molecule has 27 heavy (non-hydrogen) atoms. The molecule has 1 fully saturated rings. The number of carbonyl (C=O) groups excluding carboxylic acids is 2. The van der Waals surface area contributed by atoms with E-state index >= 15 is 0 Å². The Morgan fingerprint density at radius 1 is 1.26 bits per heavy atom. The van der Waals surface area contributed by atoms with Crippen molar-refractivity contribution in [1.29, 1.82) is 0 Å². The molecule has 2 rings (SSSR count). The van der Waals surface area contributed by atoms with Crippen LogP contribution in [0.4, 0.5) is 22.4 Å². The molecule has 0 spiro atoms. The van der Waals surface area contributed by atoms with Crippen LogP contribution >= 0.6 is 0 Å². The summed E-state index contributed by atoms with van der Waals surface area (Å²) in [4.78, 5) is 25.9. The maximum Gasteiger partial charge on any atom is 0.419 e. The van der Waals surface area contributed by atoms with Crippen molar-refractivity contribution in [1.82, 2.24) is 4.90 Å². The van der Waals surface area contributed by atoms with E-state index in [-0.39, 0.29) is 24.9 Å². The molecule has 0 aromatic heterocycles. The molecule has 9 heteroatoms. The van der Waals surface area contributed by atoms with Crippen molar-refractivity contribution >= 4 is 11.9 Å². The van der Waals surface area contributed by atoms with Crippen molar-refractivity contribution in [2.24, 2.45) is 0 Å². The monoisotopic (exact) mass is 391 g/mol. The zero-order valence-electron chi connectivity index (χ0n) is 15.1. The Kier molecular flexibility index (Phi) is 5.84. The second kappa shape index (κ2) is 7.46. The minimum atomic E-state index is -4.82. The molecule has 1 N–H and O–H groups in total. The van der Waals surface area contributed by atoms with Gasteiger partial charge in [0.1, 0.15) is 11.4 Å². The Morgan fingerprint density at radius 3 is 2.41 bits per heavy atom. The Labute approximate surface area is 153 Å². The zero-order chi connectivity index (χ0) is 20.6. The summed E-state index contributed by atoms with van der Waals surface area (Å²) in [6.07, 6.45) is -6.89. The summed E-state index contributed by atoms with van der Waals surface area (Å²) in [7, 11) is 0. The van der Waals surface area contributed by atoms with Crippen molar-refractivity contribution in [2.75, 3.05) is 6.54 Å². The van der Waals surface area contributed by atoms with Gasteiger partial charge >= 0.3 is 12.3 Å². The number of carbonyl (C=O) groups is 2. The second-order valence-electron chi connectivity index (χ2n) is 7.49. The fourth-order valence-corrected chi connectivity index (χ4v) is 2.86. The van der Waals surface area contributed by atoms with Gasteiger partial charge in [-0.05, 0) is 38.5 Å². The lowest BCUT2D eigenvalue weighted by Crippen LogP contribution is -2.44. The Bertz CT molecular complexity index is 727. The molecule has 2 atom stereocenters. The largest absolute Gasteiger partial charge is 0.444 e. The molecule has 1 aliphatic heterocycles. The molecule has 0 aliphatic carbocycles. The number of amides is 1. The van der Waals surface area contributed by atoms with Crippen LogP contribution < -0.4 is 0 Å². The smallest absolute Gasteiger partial charge is 0.419 e. The van der Waals surface area contributed by atoms with Crippen molar-refractivity contribution in [2.45, 2.75) is 57.5 Å². The molecule has 1 amide bonds. The molecule has 1 saturated heterocycles. The van der Waals surface area contributed by atoms with E-state index in [1.165, 1.54) is 0 Å². The number of halogens is 4. The van der Waals surface area contributed by atoms with Gasteiger partial charge in [-0.1, -0.05) is 6.07 Å². The molecule has 0 unspecified atom stereocenters. The standard InChI is InChI=1S/C18H21F4NO4/c1-17(2,3)27-16(26)23-9-11(24)8-14(23)15(25)7-10-4-5-12(13(19)6-10)18(20,21)22/h4-6,11,14,24H,7-9H2,1-3H3/t11-,14-/m0/s1. The number of aliphatic hydroxyl groups excluding tert-OH is 1. The number of benzene rings is 1. The summed E-state index contributed by atoms with van der Waals surface area (Å²) in [5.41, 5.74) is -2.16. The molecular weight excluding hydrogens is 370 g/mol. The third-order valence-electron chi connectivity index (χ3n) is 4.00. The zero-order valence-corrected chi connectivity index (χ0v) is 15.1. The average Bonchev–Trinajstić information content (AvgIpc) is 2.86. The number of alkyl halides is 3. The normalized spacial score (nSPS) is 20.7. The van der Waals surface area contributed by atoms with Crippen LogP contribution in [0.2, 0.25) is 0 Å². The van der Waals surface area contributed by atoms with E-state index in [0.29, 0.717) is 12.1 Å². The summed E-state index contributed by atoms with van der Waals surface area (Å²) in [5, 5.41) is 9.82. The number of hydrogen-bond acceptors (Lipinski definition) is 4. The lowest BCUT2D eigenvalue weighted by atomic mass is 10.00. The minimum Gasteiger partial charge on any atom is -0.444 e. The molecule has 0 radical (unpaired) electrons. The van der Waals surface area contributed by atoms with Gasteiger partial charge in [-0.15, -0.1) is 0 Å². The van der Waals surface area contributed by atoms with Gasteiger partial charge in [0, 0.05) is 12.8 Å². The second-order valence-corrected chi connectivity index (χ2v) is 7.49. The number of β-amino-alcohol motifs (C(OH)–C–C–N with tert-alkyl or cyclic N) is 1. The van der Waals surface area contributed by atoms with Gasteiger partial charge in [-0.3, -0.25) is 9.69 Å². The lowest BCUT2D eigenvalue weighted by molar-refractivity contribution is -0.140. The summed E-state index contributed by atoms with van der Waals surface area (Å²) in [5.74, 6) is -1.99. The van der Waals surface area contributed by atoms with Gasteiger partial charge < -0.3 is 9.84 Å². The molecule has 150 valence electrons. The van der Waals surface area contributed by atoms with Gasteiger partial charge in [0.05, 0.1) is 24.3 Å². The molecule has 1 heterocycles.